The van der Waals surface area contributed by atoms with E-state index in [9.17, 15) is 4.79 Å². The van der Waals surface area contributed by atoms with Crippen LogP contribution >= 0.6 is 22.6 Å². The summed E-state index contributed by atoms with van der Waals surface area (Å²) in [5, 5.41) is 4.04. The molecule has 148 valence electrons. The van der Waals surface area contributed by atoms with E-state index in [1.54, 1.807) is 18.3 Å². The summed E-state index contributed by atoms with van der Waals surface area (Å²) in [6.07, 6.45) is 1.58. The second-order valence-electron chi connectivity index (χ2n) is 6.12. The van der Waals surface area contributed by atoms with Gasteiger partial charge in [0.15, 0.2) is 11.5 Å². The van der Waals surface area contributed by atoms with Crippen LogP contribution in [0, 0.1) is 3.57 Å². The molecule has 0 atom stereocenters. The molecule has 0 aromatic heterocycles. The normalized spacial score (nSPS) is 10.7. The maximum atomic E-state index is 12.1. The fourth-order valence-corrected chi connectivity index (χ4v) is 2.92. The number of hydrogen-bond donors (Lipinski definition) is 1. The molecule has 0 spiro atoms. The Kier molecular flexibility index (Phi) is 7.63. The molecule has 0 radical (unpaired) electrons. The number of carbonyl (C=O) groups is 1. The molecule has 0 saturated heterocycles. The monoisotopic (exact) mass is 500 g/mol. The van der Waals surface area contributed by atoms with E-state index in [-0.39, 0.29) is 5.91 Å². The van der Waals surface area contributed by atoms with Crippen molar-refractivity contribution in [1.82, 2.24) is 5.43 Å². The quantitative estimate of drug-likeness (QED) is 0.268. The van der Waals surface area contributed by atoms with Crippen LogP contribution in [0.2, 0.25) is 0 Å². The standard InChI is InChI=1S/C23H21IN2O3/c1-2-28-22-14-18(8-13-21(22)29-16-17-6-4-3-5-7-17)15-25-26-23(27)19-9-11-20(24)12-10-19/h3-15H,2,16H2,1H3,(H,26,27)/b25-15-. The third-order valence-electron chi connectivity index (χ3n) is 3.99. The lowest BCUT2D eigenvalue weighted by Gasteiger charge is -2.12. The van der Waals surface area contributed by atoms with Crippen molar-refractivity contribution < 1.29 is 14.3 Å². The van der Waals surface area contributed by atoms with Gasteiger partial charge in [0.2, 0.25) is 0 Å². The number of hydrogen-bond acceptors (Lipinski definition) is 4. The molecule has 1 N–H and O–H groups in total. The molecule has 0 fully saturated rings. The first-order valence-electron chi connectivity index (χ1n) is 9.18. The summed E-state index contributed by atoms with van der Waals surface area (Å²) in [5.41, 5.74) is 4.97. The number of hydrazone groups is 1. The molecule has 0 bridgehead atoms. The Balaban J connectivity index is 1.64. The van der Waals surface area contributed by atoms with Gasteiger partial charge in [-0.25, -0.2) is 5.43 Å². The zero-order valence-electron chi connectivity index (χ0n) is 16.0. The Bertz CT molecular complexity index is 973. The highest BCUT2D eigenvalue weighted by molar-refractivity contribution is 14.1. The Morgan fingerprint density at radius 3 is 2.48 bits per heavy atom. The second kappa shape index (κ2) is 10.6. The van der Waals surface area contributed by atoms with Crippen molar-refractivity contribution in [2.24, 2.45) is 5.10 Å². The van der Waals surface area contributed by atoms with Crippen LogP contribution in [0.4, 0.5) is 0 Å². The zero-order valence-corrected chi connectivity index (χ0v) is 18.1. The number of nitrogens with one attached hydrogen (secondary N) is 1. The van der Waals surface area contributed by atoms with Gasteiger partial charge in [0.25, 0.3) is 5.91 Å². The van der Waals surface area contributed by atoms with Crippen molar-refractivity contribution in [3.05, 3.63) is 93.1 Å². The number of carbonyl (C=O) groups excluding carboxylic acids is 1. The molecule has 1 amide bonds. The van der Waals surface area contributed by atoms with Gasteiger partial charge < -0.3 is 9.47 Å². The topological polar surface area (TPSA) is 59.9 Å². The Morgan fingerprint density at radius 2 is 1.76 bits per heavy atom. The molecule has 0 heterocycles. The number of benzene rings is 3. The SMILES string of the molecule is CCOc1cc(/C=N\NC(=O)c2ccc(I)cc2)ccc1OCc1ccccc1. The van der Waals surface area contributed by atoms with Gasteiger partial charge >= 0.3 is 0 Å². The fraction of sp³-hybridized carbons (Fsp3) is 0.130. The Labute approximate surface area is 183 Å². The average Bonchev–Trinajstić information content (AvgIpc) is 2.74. The first-order valence-corrected chi connectivity index (χ1v) is 10.3. The summed E-state index contributed by atoms with van der Waals surface area (Å²) >= 11 is 2.19. The Hall–Kier alpha value is -2.87. The van der Waals surface area contributed by atoms with E-state index < -0.39 is 0 Å². The number of rotatable bonds is 8. The highest BCUT2D eigenvalue weighted by Gasteiger charge is 2.07. The number of ether oxygens (including phenoxy) is 2. The van der Waals surface area contributed by atoms with Crippen molar-refractivity contribution in [2.75, 3.05) is 6.61 Å². The predicted octanol–water partition coefficient (Wildman–Crippen LogP) is 5.03. The molecule has 3 aromatic rings. The van der Waals surface area contributed by atoms with Crippen molar-refractivity contribution in [1.29, 1.82) is 0 Å². The molecule has 0 unspecified atom stereocenters. The van der Waals surface area contributed by atoms with Crippen LogP contribution < -0.4 is 14.9 Å². The van der Waals surface area contributed by atoms with E-state index in [1.807, 2.05) is 67.6 Å². The number of nitrogens with zero attached hydrogens (tertiary/aromatic N) is 1. The van der Waals surface area contributed by atoms with Gasteiger partial charge in [-0.2, -0.15) is 5.10 Å². The molecule has 3 aromatic carbocycles. The van der Waals surface area contributed by atoms with Gasteiger partial charge in [-0.1, -0.05) is 30.3 Å². The smallest absolute Gasteiger partial charge is 0.271 e. The summed E-state index contributed by atoms with van der Waals surface area (Å²) in [6.45, 7) is 2.90. The molecule has 3 rings (SSSR count). The van der Waals surface area contributed by atoms with Crippen molar-refractivity contribution in [3.63, 3.8) is 0 Å². The highest BCUT2D eigenvalue weighted by Crippen LogP contribution is 2.28. The minimum absolute atomic E-state index is 0.259. The Morgan fingerprint density at radius 1 is 1.00 bits per heavy atom. The molecule has 5 nitrogen and oxygen atoms in total. The van der Waals surface area contributed by atoms with E-state index in [0.29, 0.717) is 30.3 Å². The molecular weight excluding hydrogens is 479 g/mol. The highest BCUT2D eigenvalue weighted by atomic mass is 127. The lowest BCUT2D eigenvalue weighted by molar-refractivity contribution is 0.0955. The minimum Gasteiger partial charge on any atom is -0.490 e. The van der Waals surface area contributed by atoms with Crippen LogP contribution in [0.25, 0.3) is 0 Å². The third kappa shape index (κ3) is 6.32. The van der Waals surface area contributed by atoms with Gasteiger partial charge in [0.1, 0.15) is 6.61 Å². The van der Waals surface area contributed by atoms with Crippen LogP contribution in [0.1, 0.15) is 28.4 Å². The summed E-state index contributed by atoms with van der Waals surface area (Å²) in [7, 11) is 0. The van der Waals surface area contributed by atoms with Crippen LogP contribution in [0.15, 0.2) is 77.9 Å². The van der Waals surface area contributed by atoms with Crippen LogP contribution in [0.3, 0.4) is 0 Å². The molecular formula is C23H21IN2O3. The van der Waals surface area contributed by atoms with Crippen molar-refractivity contribution in [2.45, 2.75) is 13.5 Å². The van der Waals surface area contributed by atoms with Gasteiger partial charge in [-0.05, 0) is 83.1 Å². The lowest BCUT2D eigenvalue weighted by Crippen LogP contribution is -2.17. The summed E-state index contributed by atoms with van der Waals surface area (Å²) < 4.78 is 12.7. The van der Waals surface area contributed by atoms with Crippen LogP contribution in [-0.4, -0.2) is 18.7 Å². The largest absolute Gasteiger partial charge is 0.490 e. The molecule has 0 aliphatic rings. The van der Waals surface area contributed by atoms with E-state index in [0.717, 1.165) is 14.7 Å². The fourth-order valence-electron chi connectivity index (χ4n) is 2.56. The summed E-state index contributed by atoms with van der Waals surface area (Å²) in [5.74, 6) is 1.04. The van der Waals surface area contributed by atoms with Gasteiger partial charge in [-0.15, -0.1) is 0 Å². The first-order chi connectivity index (χ1) is 14.2. The average molecular weight is 500 g/mol. The molecule has 0 aliphatic carbocycles. The van der Waals surface area contributed by atoms with Crippen molar-refractivity contribution in [3.8, 4) is 11.5 Å². The number of amides is 1. The maximum Gasteiger partial charge on any atom is 0.271 e. The summed E-state index contributed by atoms with van der Waals surface area (Å²) in [6, 6.07) is 22.8. The second-order valence-corrected chi connectivity index (χ2v) is 7.37. The minimum atomic E-state index is -0.259. The maximum absolute atomic E-state index is 12.1. The summed E-state index contributed by atoms with van der Waals surface area (Å²) in [4.78, 5) is 12.1. The first kappa shape index (κ1) is 20.9. The van der Waals surface area contributed by atoms with Gasteiger partial charge in [-0.3, -0.25) is 4.79 Å². The van der Waals surface area contributed by atoms with E-state index in [2.05, 4.69) is 33.1 Å². The molecule has 0 aliphatic heterocycles. The van der Waals surface area contributed by atoms with E-state index in [4.69, 9.17) is 9.47 Å². The predicted molar refractivity (Wildman–Crippen MR) is 123 cm³/mol. The van der Waals surface area contributed by atoms with Crippen molar-refractivity contribution >= 4 is 34.7 Å². The van der Waals surface area contributed by atoms with Gasteiger partial charge in [0, 0.05) is 9.13 Å². The third-order valence-corrected chi connectivity index (χ3v) is 4.71. The number of halogens is 1. The zero-order chi connectivity index (χ0) is 20.5. The molecule has 0 saturated carbocycles. The van der Waals surface area contributed by atoms with Crippen LogP contribution in [-0.2, 0) is 6.61 Å². The van der Waals surface area contributed by atoms with E-state index >= 15 is 0 Å². The molecule has 6 heteroatoms. The lowest BCUT2D eigenvalue weighted by atomic mass is 10.2. The van der Waals surface area contributed by atoms with Gasteiger partial charge in [0.05, 0.1) is 12.8 Å². The van der Waals surface area contributed by atoms with E-state index in [1.165, 1.54) is 0 Å². The molecule has 29 heavy (non-hydrogen) atoms. The van der Waals surface area contributed by atoms with Crippen LogP contribution in [0.5, 0.6) is 11.5 Å².